The van der Waals surface area contributed by atoms with Crippen LogP contribution in [0.25, 0.3) is 0 Å². The van der Waals surface area contributed by atoms with Gasteiger partial charge in [0.05, 0.1) is 6.10 Å². The molecule has 2 fully saturated rings. The van der Waals surface area contributed by atoms with Gasteiger partial charge >= 0.3 is 6.36 Å². The fraction of sp³-hybridized carbons (Fsp3) is 0.600. The molecule has 1 aromatic rings. The summed E-state index contributed by atoms with van der Waals surface area (Å²) in [6.45, 7) is 0. The zero-order valence-corrected chi connectivity index (χ0v) is 11.4. The topological polar surface area (TPSA) is 18.5 Å². The van der Waals surface area contributed by atoms with Crippen LogP contribution in [0.3, 0.4) is 0 Å². The maximum atomic E-state index is 14.4. The molecule has 0 N–H and O–H groups in total. The third-order valence-electron chi connectivity index (χ3n) is 4.20. The minimum absolute atomic E-state index is 0.0154. The Bertz CT molecular complexity index is 519. The molecule has 0 atom stereocenters. The zero-order chi connectivity index (χ0) is 15.0. The van der Waals surface area contributed by atoms with E-state index in [4.69, 9.17) is 4.74 Å². The summed E-state index contributed by atoms with van der Waals surface area (Å²) in [5.74, 6) is -1.93. The van der Waals surface area contributed by atoms with E-state index in [0.717, 1.165) is 38.5 Å². The maximum Gasteiger partial charge on any atom is 0.573 e. The molecular formula is C15H16F4O2. The van der Waals surface area contributed by atoms with Gasteiger partial charge in [0, 0.05) is 0 Å². The van der Waals surface area contributed by atoms with Gasteiger partial charge in [-0.2, -0.15) is 0 Å². The van der Waals surface area contributed by atoms with Crippen molar-refractivity contribution in [3.63, 3.8) is 0 Å². The molecule has 2 nitrogen and oxygen atoms in total. The summed E-state index contributed by atoms with van der Waals surface area (Å²) < 4.78 is 61.3. The molecule has 0 aliphatic heterocycles. The first-order valence-electron chi connectivity index (χ1n) is 7.19. The molecule has 0 heterocycles. The standard InChI is InChI=1S/C15H16F4O2/c16-13-11(9-3-1-4-9)7-8-12(20-10-5-2-6-10)14(13)21-15(17,18)19/h7-10H,1-6H2. The van der Waals surface area contributed by atoms with Crippen LogP contribution < -0.4 is 9.47 Å². The van der Waals surface area contributed by atoms with Gasteiger partial charge in [-0.15, -0.1) is 13.2 Å². The quantitative estimate of drug-likeness (QED) is 0.735. The van der Waals surface area contributed by atoms with Crippen LogP contribution in [-0.2, 0) is 0 Å². The van der Waals surface area contributed by atoms with Crippen LogP contribution in [0.1, 0.15) is 50.0 Å². The van der Waals surface area contributed by atoms with Crippen molar-refractivity contribution in [1.29, 1.82) is 0 Å². The smallest absolute Gasteiger partial charge is 0.486 e. The Kier molecular flexibility index (Phi) is 3.71. The van der Waals surface area contributed by atoms with Crippen LogP contribution in [0.15, 0.2) is 12.1 Å². The first kappa shape index (κ1) is 14.5. The maximum absolute atomic E-state index is 14.4. The summed E-state index contributed by atoms with van der Waals surface area (Å²) in [6.07, 6.45) is 0.0136. The molecule has 0 aromatic heterocycles. The molecule has 116 valence electrons. The van der Waals surface area contributed by atoms with Crippen LogP contribution in [0.5, 0.6) is 11.5 Å². The molecule has 0 spiro atoms. The Morgan fingerprint density at radius 3 is 2.14 bits per heavy atom. The van der Waals surface area contributed by atoms with Crippen LogP contribution in [-0.4, -0.2) is 12.5 Å². The second-order valence-electron chi connectivity index (χ2n) is 5.64. The fourth-order valence-corrected chi connectivity index (χ4v) is 2.56. The lowest BCUT2D eigenvalue weighted by Gasteiger charge is -2.30. The Labute approximate surface area is 120 Å². The van der Waals surface area contributed by atoms with Crippen LogP contribution in [0.2, 0.25) is 0 Å². The highest BCUT2D eigenvalue weighted by molar-refractivity contribution is 5.46. The SMILES string of the molecule is Fc1c(C2CCC2)ccc(OC2CCC2)c1OC(F)(F)F. The summed E-state index contributed by atoms with van der Waals surface area (Å²) in [4.78, 5) is 0. The average Bonchev–Trinajstić information content (AvgIpc) is 2.27. The van der Waals surface area contributed by atoms with Gasteiger partial charge in [-0.3, -0.25) is 0 Å². The van der Waals surface area contributed by atoms with Crippen LogP contribution in [0, 0.1) is 5.82 Å². The third kappa shape index (κ3) is 3.09. The Balaban J connectivity index is 1.91. The number of ether oxygens (including phenoxy) is 2. The predicted molar refractivity (Wildman–Crippen MR) is 67.9 cm³/mol. The molecule has 1 aromatic carbocycles. The Hall–Kier alpha value is -1.46. The van der Waals surface area contributed by atoms with Crippen molar-refractivity contribution in [2.24, 2.45) is 0 Å². The van der Waals surface area contributed by atoms with E-state index in [-0.39, 0.29) is 17.8 Å². The van der Waals surface area contributed by atoms with E-state index in [1.807, 2.05) is 0 Å². The molecule has 2 saturated carbocycles. The second-order valence-corrected chi connectivity index (χ2v) is 5.64. The summed E-state index contributed by atoms with van der Waals surface area (Å²) in [5.41, 5.74) is 0.293. The molecule has 0 bridgehead atoms. The van der Waals surface area contributed by atoms with Crippen molar-refractivity contribution in [3.8, 4) is 11.5 Å². The van der Waals surface area contributed by atoms with Crippen molar-refractivity contribution in [2.45, 2.75) is 56.9 Å². The summed E-state index contributed by atoms with van der Waals surface area (Å²) in [6, 6.07) is 2.92. The van der Waals surface area contributed by atoms with Gasteiger partial charge in [-0.05, 0) is 49.7 Å². The summed E-state index contributed by atoms with van der Waals surface area (Å²) in [5, 5.41) is 0. The van der Waals surface area contributed by atoms with Gasteiger partial charge in [0.2, 0.25) is 5.75 Å². The summed E-state index contributed by atoms with van der Waals surface area (Å²) >= 11 is 0. The number of hydrogen-bond acceptors (Lipinski definition) is 2. The molecule has 6 heteroatoms. The van der Waals surface area contributed by atoms with Crippen molar-refractivity contribution in [2.75, 3.05) is 0 Å². The molecular weight excluding hydrogens is 288 g/mol. The van der Waals surface area contributed by atoms with Gasteiger partial charge < -0.3 is 9.47 Å². The average molecular weight is 304 g/mol. The predicted octanol–water partition coefficient (Wildman–Crippen LogP) is 4.92. The second kappa shape index (κ2) is 5.39. The van der Waals surface area contributed by atoms with Crippen molar-refractivity contribution >= 4 is 0 Å². The minimum Gasteiger partial charge on any atom is -0.486 e. The molecule has 21 heavy (non-hydrogen) atoms. The number of rotatable bonds is 4. The lowest BCUT2D eigenvalue weighted by Crippen LogP contribution is -2.26. The lowest BCUT2D eigenvalue weighted by molar-refractivity contribution is -0.276. The van der Waals surface area contributed by atoms with E-state index < -0.39 is 17.9 Å². The van der Waals surface area contributed by atoms with Gasteiger partial charge in [-0.25, -0.2) is 4.39 Å². The van der Waals surface area contributed by atoms with Crippen LogP contribution >= 0.6 is 0 Å². The van der Waals surface area contributed by atoms with E-state index in [0.29, 0.717) is 5.56 Å². The molecule has 2 aliphatic rings. The van der Waals surface area contributed by atoms with E-state index in [9.17, 15) is 17.6 Å². The van der Waals surface area contributed by atoms with E-state index >= 15 is 0 Å². The van der Waals surface area contributed by atoms with Gasteiger partial charge in [0.25, 0.3) is 0 Å². The normalized spacial score (nSPS) is 19.8. The molecule has 0 radical (unpaired) electrons. The number of hydrogen-bond donors (Lipinski definition) is 0. The fourth-order valence-electron chi connectivity index (χ4n) is 2.56. The Morgan fingerprint density at radius 1 is 1.00 bits per heavy atom. The molecule has 3 rings (SSSR count). The number of halogens is 4. The lowest BCUT2D eigenvalue weighted by atomic mass is 9.79. The van der Waals surface area contributed by atoms with Crippen molar-refractivity contribution in [3.05, 3.63) is 23.5 Å². The van der Waals surface area contributed by atoms with E-state index in [1.165, 1.54) is 12.1 Å². The van der Waals surface area contributed by atoms with Gasteiger partial charge in [-0.1, -0.05) is 12.5 Å². The highest BCUT2D eigenvalue weighted by Crippen LogP contribution is 2.44. The molecule has 2 aliphatic carbocycles. The molecule has 0 amide bonds. The first-order chi connectivity index (χ1) is 9.94. The van der Waals surface area contributed by atoms with E-state index in [1.54, 1.807) is 0 Å². The van der Waals surface area contributed by atoms with E-state index in [2.05, 4.69) is 4.74 Å². The van der Waals surface area contributed by atoms with Crippen molar-refractivity contribution < 1.29 is 27.0 Å². The van der Waals surface area contributed by atoms with Crippen LogP contribution in [0.4, 0.5) is 17.6 Å². The zero-order valence-electron chi connectivity index (χ0n) is 11.4. The largest absolute Gasteiger partial charge is 0.573 e. The number of benzene rings is 1. The monoisotopic (exact) mass is 304 g/mol. The summed E-state index contributed by atoms with van der Waals surface area (Å²) in [7, 11) is 0. The highest BCUT2D eigenvalue weighted by atomic mass is 19.4. The molecule has 0 unspecified atom stereocenters. The molecule has 0 saturated heterocycles. The first-order valence-corrected chi connectivity index (χ1v) is 7.19. The van der Waals surface area contributed by atoms with Gasteiger partial charge in [0.15, 0.2) is 11.6 Å². The highest BCUT2D eigenvalue weighted by Gasteiger charge is 2.36. The Morgan fingerprint density at radius 2 is 1.67 bits per heavy atom. The van der Waals surface area contributed by atoms with Crippen molar-refractivity contribution in [1.82, 2.24) is 0 Å². The number of alkyl halides is 3. The third-order valence-corrected chi connectivity index (χ3v) is 4.20. The minimum atomic E-state index is -4.93. The van der Waals surface area contributed by atoms with Gasteiger partial charge in [0.1, 0.15) is 0 Å².